The van der Waals surface area contributed by atoms with Crippen LogP contribution < -0.4 is 0 Å². The van der Waals surface area contributed by atoms with Crippen LogP contribution in [0.3, 0.4) is 0 Å². The van der Waals surface area contributed by atoms with Gasteiger partial charge in [0.2, 0.25) is 0 Å². The van der Waals surface area contributed by atoms with Crippen molar-refractivity contribution in [1.82, 2.24) is 0 Å². The molecule has 1 heterocycles. The highest BCUT2D eigenvalue weighted by Gasteiger charge is 2.04. The molecule has 0 amide bonds. The molecule has 2 rings (SSSR count). The van der Waals surface area contributed by atoms with Crippen LogP contribution >= 0.6 is 22.9 Å². The smallest absolute Gasteiger partial charge is 0.0591 e. The summed E-state index contributed by atoms with van der Waals surface area (Å²) >= 11 is 7.73. The van der Waals surface area contributed by atoms with E-state index in [0.717, 1.165) is 5.02 Å². The van der Waals surface area contributed by atoms with E-state index < -0.39 is 0 Å². The molecular formula is C10H9ClS. The molecular weight excluding hydrogens is 188 g/mol. The normalized spacial score (nSPS) is 10.9. The third-order valence-corrected chi connectivity index (χ3v) is 3.77. The van der Waals surface area contributed by atoms with E-state index in [1.807, 2.05) is 5.38 Å². The third kappa shape index (κ3) is 1.05. The minimum atomic E-state index is 0.873. The molecule has 12 heavy (non-hydrogen) atoms. The lowest BCUT2D eigenvalue weighted by molar-refractivity contribution is 1.39. The average Bonchev–Trinajstić information content (AvgIpc) is 2.41. The van der Waals surface area contributed by atoms with Crippen LogP contribution in [0.1, 0.15) is 11.1 Å². The summed E-state index contributed by atoms with van der Waals surface area (Å²) in [7, 11) is 0. The van der Waals surface area contributed by atoms with Crippen LogP contribution in [0.2, 0.25) is 5.02 Å². The van der Waals surface area contributed by atoms with Crippen LogP contribution in [0.15, 0.2) is 17.5 Å². The van der Waals surface area contributed by atoms with Crippen LogP contribution in [-0.4, -0.2) is 0 Å². The lowest BCUT2D eigenvalue weighted by Gasteiger charge is -1.99. The topological polar surface area (TPSA) is 0 Å². The van der Waals surface area contributed by atoms with Gasteiger partial charge >= 0.3 is 0 Å². The Labute approximate surface area is 80.8 Å². The molecule has 0 aliphatic heterocycles. The monoisotopic (exact) mass is 196 g/mol. The maximum absolute atomic E-state index is 6.01. The van der Waals surface area contributed by atoms with Gasteiger partial charge in [-0.1, -0.05) is 23.7 Å². The molecule has 0 fully saturated rings. The van der Waals surface area contributed by atoms with Crippen LogP contribution in [0.5, 0.6) is 0 Å². The number of halogens is 1. The predicted octanol–water partition coefficient (Wildman–Crippen LogP) is 4.17. The van der Waals surface area contributed by atoms with Gasteiger partial charge in [-0.3, -0.25) is 0 Å². The number of thiophene rings is 1. The molecule has 62 valence electrons. The number of hydrogen-bond acceptors (Lipinski definition) is 1. The van der Waals surface area contributed by atoms with Crippen molar-refractivity contribution in [2.75, 3.05) is 0 Å². The summed E-state index contributed by atoms with van der Waals surface area (Å²) in [4.78, 5) is 0. The fraction of sp³-hybridized carbons (Fsp3) is 0.200. The fourth-order valence-electron chi connectivity index (χ4n) is 1.30. The predicted molar refractivity (Wildman–Crippen MR) is 56.3 cm³/mol. The first kappa shape index (κ1) is 8.09. The molecule has 0 atom stereocenters. The third-order valence-electron chi connectivity index (χ3n) is 2.21. The Morgan fingerprint density at radius 2 is 2.00 bits per heavy atom. The number of aryl methyl sites for hydroxylation is 2. The second-order valence-electron chi connectivity index (χ2n) is 2.97. The van der Waals surface area contributed by atoms with Gasteiger partial charge in [-0.2, -0.15) is 0 Å². The van der Waals surface area contributed by atoms with Crippen molar-refractivity contribution in [3.63, 3.8) is 0 Å². The van der Waals surface area contributed by atoms with Gasteiger partial charge < -0.3 is 0 Å². The van der Waals surface area contributed by atoms with Crippen LogP contribution in [0.25, 0.3) is 10.1 Å². The molecule has 2 aromatic rings. The van der Waals surface area contributed by atoms with E-state index in [1.54, 1.807) is 11.3 Å². The number of rotatable bonds is 0. The van der Waals surface area contributed by atoms with Gasteiger partial charge in [0.1, 0.15) is 0 Å². The summed E-state index contributed by atoms with van der Waals surface area (Å²) in [6, 6.07) is 4.22. The molecule has 1 aromatic carbocycles. The zero-order valence-electron chi connectivity index (χ0n) is 7.02. The minimum Gasteiger partial charge on any atom is -0.142 e. The molecule has 0 aliphatic rings. The van der Waals surface area contributed by atoms with Gasteiger partial charge in [-0.15, -0.1) is 11.3 Å². The molecule has 0 nitrogen and oxygen atoms in total. The molecule has 0 N–H and O–H groups in total. The van der Waals surface area contributed by atoms with Crippen LogP contribution in [0.4, 0.5) is 0 Å². The number of benzene rings is 1. The molecule has 0 aliphatic carbocycles. The van der Waals surface area contributed by atoms with E-state index in [0.29, 0.717) is 0 Å². The molecule has 1 aromatic heterocycles. The van der Waals surface area contributed by atoms with Crippen molar-refractivity contribution in [3.8, 4) is 0 Å². The van der Waals surface area contributed by atoms with E-state index in [4.69, 9.17) is 11.6 Å². The Morgan fingerprint density at radius 1 is 1.25 bits per heavy atom. The Kier molecular flexibility index (Phi) is 1.85. The van der Waals surface area contributed by atoms with E-state index in [2.05, 4.69) is 26.0 Å². The van der Waals surface area contributed by atoms with Crippen LogP contribution in [0, 0.1) is 13.8 Å². The SMILES string of the molecule is Cc1ccc2c(Cl)csc2c1C. The van der Waals surface area contributed by atoms with E-state index >= 15 is 0 Å². The summed E-state index contributed by atoms with van der Waals surface area (Å²) < 4.78 is 1.32. The van der Waals surface area contributed by atoms with Gasteiger partial charge in [0, 0.05) is 15.5 Å². The summed E-state index contributed by atoms with van der Waals surface area (Å²) in [5.41, 5.74) is 2.69. The van der Waals surface area contributed by atoms with Crippen molar-refractivity contribution in [3.05, 3.63) is 33.7 Å². The van der Waals surface area contributed by atoms with Gasteiger partial charge in [0.25, 0.3) is 0 Å². The van der Waals surface area contributed by atoms with Crippen molar-refractivity contribution in [2.24, 2.45) is 0 Å². The standard InChI is InChI=1S/C10H9ClS/c1-6-3-4-8-9(11)5-12-10(8)7(6)2/h3-5H,1-2H3. The molecule has 0 radical (unpaired) electrons. The van der Waals surface area contributed by atoms with Gasteiger partial charge in [-0.25, -0.2) is 0 Å². The fourth-order valence-corrected chi connectivity index (χ4v) is 2.64. The first-order chi connectivity index (χ1) is 5.70. The Hall–Kier alpha value is -0.530. The van der Waals surface area contributed by atoms with Crippen molar-refractivity contribution >= 4 is 33.0 Å². The number of hydrogen-bond donors (Lipinski definition) is 0. The second kappa shape index (κ2) is 2.75. The zero-order valence-corrected chi connectivity index (χ0v) is 8.59. The highest BCUT2D eigenvalue weighted by atomic mass is 35.5. The Bertz CT molecular complexity index is 429. The first-order valence-electron chi connectivity index (χ1n) is 3.83. The lowest BCUT2D eigenvalue weighted by atomic mass is 10.1. The van der Waals surface area contributed by atoms with Crippen molar-refractivity contribution in [1.29, 1.82) is 0 Å². The molecule has 0 bridgehead atoms. The lowest BCUT2D eigenvalue weighted by Crippen LogP contribution is -1.78. The maximum atomic E-state index is 6.01. The summed E-state index contributed by atoms with van der Waals surface area (Å²) in [6.07, 6.45) is 0. The highest BCUT2D eigenvalue weighted by molar-refractivity contribution is 7.18. The molecule has 0 spiro atoms. The molecule has 0 saturated heterocycles. The van der Waals surface area contributed by atoms with E-state index in [-0.39, 0.29) is 0 Å². The Balaban J connectivity index is 2.93. The van der Waals surface area contributed by atoms with Gasteiger partial charge in [0.05, 0.1) is 5.02 Å². The number of fused-ring (bicyclic) bond motifs is 1. The molecule has 0 saturated carbocycles. The first-order valence-corrected chi connectivity index (χ1v) is 5.09. The van der Waals surface area contributed by atoms with Gasteiger partial charge in [-0.05, 0) is 25.0 Å². The summed E-state index contributed by atoms with van der Waals surface area (Å²) in [6.45, 7) is 4.27. The molecule has 0 unspecified atom stereocenters. The highest BCUT2D eigenvalue weighted by Crippen LogP contribution is 2.33. The average molecular weight is 197 g/mol. The summed E-state index contributed by atoms with van der Waals surface area (Å²) in [5.74, 6) is 0. The van der Waals surface area contributed by atoms with E-state index in [9.17, 15) is 0 Å². The quantitative estimate of drug-likeness (QED) is 0.593. The van der Waals surface area contributed by atoms with Crippen LogP contribution in [-0.2, 0) is 0 Å². The largest absolute Gasteiger partial charge is 0.142 e. The van der Waals surface area contributed by atoms with E-state index in [1.165, 1.54) is 21.2 Å². The molecule has 2 heteroatoms. The van der Waals surface area contributed by atoms with Gasteiger partial charge in [0.15, 0.2) is 0 Å². The Morgan fingerprint density at radius 3 is 2.75 bits per heavy atom. The minimum absolute atomic E-state index is 0.873. The zero-order chi connectivity index (χ0) is 8.72. The van der Waals surface area contributed by atoms with Crippen molar-refractivity contribution in [2.45, 2.75) is 13.8 Å². The second-order valence-corrected chi connectivity index (χ2v) is 4.25. The van der Waals surface area contributed by atoms with Crippen molar-refractivity contribution < 1.29 is 0 Å². The summed E-state index contributed by atoms with van der Waals surface area (Å²) in [5, 5.41) is 4.06. The maximum Gasteiger partial charge on any atom is 0.0591 e.